The van der Waals surface area contributed by atoms with Gasteiger partial charge in [0.2, 0.25) is 5.91 Å². The molecule has 0 radical (unpaired) electrons. The van der Waals surface area contributed by atoms with Gasteiger partial charge in [0.25, 0.3) is 0 Å². The fourth-order valence-corrected chi connectivity index (χ4v) is 2.63. The lowest BCUT2D eigenvalue weighted by Crippen LogP contribution is -2.35. The van der Waals surface area contributed by atoms with Gasteiger partial charge in [-0.1, -0.05) is 12.1 Å². The molecular formula is C17H22FNO3. The average Bonchev–Trinajstić information content (AvgIpc) is 3.39. The van der Waals surface area contributed by atoms with Gasteiger partial charge in [0.05, 0.1) is 12.7 Å². The van der Waals surface area contributed by atoms with E-state index < -0.39 is 6.10 Å². The van der Waals surface area contributed by atoms with Crippen molar-refractivity contribution in [1.82, 2.24) is 5.32 Å². The zero-order valence-corrected chi connectivity index (χ0v) is 12.5. The normalized spacial score (nSPS) is 24.8. The second kappa shape index (κ2) is 6.75. The number of carbonyl (C=O) groups is 1. The number of aliphatic hydroxyl groups is 1. The van der Waals surface area contributed by atoms with Crippen molar-refractivity contribution in [2.45, 2.75) is 31.3 Å². The molecule has 2 aliphatic rings. The van der Waals surface area contributed by atoms with E-state index in [4.69, 9.17) is 4.74 Å². The summed E-state index contributed by atoms with van der Waals surface area (Å²) >= 11 is 0. The highest BCUT2D eigenvalue weighted by Gasteiger charge is 2.43. The Hall–Kier alpha value is -1.46. The third-order valence-electron chi connectivity index (χ3n) is 4.30. The van der Waals surface area contributed by atoms with Crippen LogP contribution < -0.4 is 5.32 Å². The van der Waals surface area contributed by atoms with Crippen LogP contribution in [0.5, 0.6) is 0 Å². The molecule has 2 fully saturated rings. The minimum atomic E-state index is -0.661. The molecule has 1 aromatic carbocycles. The number of carbonyl (C=O) groups excluding carboxylic acids is 1. The van der Waals surface area contributed by atoms with E-state index in [1.807, 2.05) is 0 Å². The Labute approximate surface area is 129 Å². The van der Waals surface area contributed by atoms with Gasteiger partial charge in [0, 0.05) is 19.1 Å². The van der Waals surface area contributed by atoms with Gasteiger partial charge in [-0.3, -0.25) is 4.79 Å². The van der Waals surface area contributed by atoms with E-state index in [0.717, 1.165) is 12.0 Å². The number of halogens is 1. The van der Waals surface area contributed by atoms with E-state index in [1.165, 1.54) is 25.0 Å². The molecule has 2 aliphatic carbocycles. The van der Waals surface area contributed by atoms with Crippen molar-refractivity contribution in [3.63, 3.8) is 0 Å². The zero-order valence-electron chi connectivity index (χ0n) is 12.5. The first-order chi connectivity index (χ1) is 10.6. The van der Waals surface area contributed by atoms with Gasteiger partial charge in [0.1, 0.15) is 5.82 Å². The van der Waals surface area contributed by atoms with E-state index in [9.17, 15) is 14.3 Å². The summed E-state index contributed by atoms with van der Waals surface area (Å²) in [6.45, 7) is 1.19. The van der Waals surface area contributed by atoms with Crippen LogP contribution in [0.3, 0.4) is 0 Å². The second-order valence-corrected chi connectivity index (χ2v) is 6.38. The van der Waals surface area contributed by atoms with E-state index in [2.05, 4.69) is 5.32 Å². The van der Waals surface area contributed by atoms with Gasteiger partial charge in [-0.15, -0.1) is 0 Å². The predicted octanol–water partition coefficient (Wildman–Crippen LogP) is 1.83. The van der Waals surface area contributed by atoms with Crippen LogP contribution in [0.1, 0.15) is 30.7 Å². The van der Waals surface area contributed by atoms with Gasteiger partial charge in [-0.05, 0) is 48.8 Å². The van der Waals surface area contributed by atoms with Gasteiger partial charge in [-0.2, -0.15) is 0 Å². The van der Waals surface area contributed by atoms with E-state index in [-0.39, 0.29) is 36.7 Å². The van der Waals surface area contributed by atoms with Crippen LogP contribution in [0.15, 0.2) is 24.3 Å². The maximum absolute atomic E-state index is 12.9. The molecule has 22 heavy (non-hydrogen) atoms. The molecule has 0 aromatic heterocycles. The SMILES string of the molecule is O=C(NC[C@H](O)COCC1CC1)[C@@H]1C[C@H]1c1ccc(F)cc1. The average molecular weight is 307 g/mol. The summed E-state index contributed by atoms with van der Waals surface area (Å²) in [5.41, 5.74) is 0.995. The Morgan fingerprint density at radius 3 is 2.77 bits per heavy atom. The molecule has 5 heteroatoms. The van der Waals surface area contributed by atoms with Crippen molar-refractivity contribution in [3.8, 4) is 0 Å². The van der Waals surface area contributed by atoms with Crippen LogP contribution in [0.4, 0.5) is 4.39 Å². The molecule has 0 unspecified atom stereocenters. The van der Waals surface area contributed by atoms with Crippen LogP contribution in [-0.2, 0) is 9.53 Å². The third kappa shape index (κ3) is 4.27. The molecule has 3 atom stereocenters. The topological polar surface area (TPSA) is 58.6 Å². The van der Waals surface area contributed by atoms with Gasteiger partial charge in [0.15, 0.2) is 0 Å². The molecule has 0 saturated heterocycles. The number of aliphatic hydroxyl groups excluding tert-OH is 1. The lowest BCUT2D eigenvalue weighted by atomic mass is 10.1. The number of nitrogens with one attached hydrogen (secondary N) is 1. The number of hydrogen-bond acceptors (Lipinski definition) is 3. The quantitative estimate of drug-likeness (QED) is 0.770. The van der Waals surface area contributed by atoms with Gasteiger partial charge in [-0.25, -0.2) is 4.39 Å². The summed E-state index contributed by atoms with van der Waals surface area (Å²) in [4.78, 5) is 12.0. The Kier molecular flexibility index (Phi) is 4.74. The fourth-order valence-electron chi connectivity index (χ4n) is 2.63. The Morgan fingerprint density at radius 2 is 2.09 bits per heavy atom. The Balaban J connectivity index is 1.35. The summed E-state index contributed by atoms with van der Waals surface area (Å²) < 4.78 is 18.3. The molecule has 2 N–H and O–H groups in total. The number of hydrogen-bond donors (Lipinski definition) is 2. The highest BCUT2D eigenvalue weighted by atomic mass is 19.1. The molecule has 120 valence electrons. The molecule has 0 heterocycles. The van der Waals surface area contributed by atoms with Crippen LogP contribution in [-0.4, -0.2) is 36.9 Å². The summed E-state index contributed by atoms with van der Waals surface area (Å²) in [7, 11) is 0. The Morgan fingerprint density at radius 1 is 1.36 bits per heavy atom. The minimum absolute atomic E-state index is 0.0458. The Bertz CT molecular complexity index is 515. The van der Waals surface area contributed by atoms with Gasteiger partial charge >= 0.3 is 0 Å². The molecule has 3 rings (SSSR count). The number of benzene rings is 1. The molecule has 0 bridgehead atoms. The first-order valence-corrected chi connectivity index (χ1v) is 7.92. The maximum atomic E-state index is 12.9. The van der Waals surface area contributed by atoms with Crippen molar-refractivity contribution >= 4 is 5.91 Å². The highest BCUT2D eigenvalue weighted by Crippen LogP contribution is 2.47. The summed E-state index contributed by atoms with van der Waals surface area (Å²) in [6, 6.07) is 6.30. The molecule has 0 spiro atoms. The summed E-state index contributed by atoms with van der Waals surface area (Å²) in [6.07, 6.45) is 2.57. The first-order valence-electron chi connectivity index (χ1n) is 7.92. The van der Waals surface area contributed by atoms with Crippen molar-refractivity contribution in [3.05, 3.63) is 35.6 Å². The highest BCUT2D eigenvalue weighted by molar-refractivity contribution is 5.82. The predicted molar refractivity (Wildman–Crippen MR) is 79.8 cm³/mol. The van der Waals surface area contributed by atoms with Crippen LogP contribution >= 0.6 is 0 Å². The van der Waals surface area contributed by atoms with Gasteiger partial charge < -0.3 is 15.2 Å². The second-order valence-electron chi connectivity index (χ2n) is 6.38. The van der Waals surface area contributed by atoms with Crippen LogP contribution in [0.25, 0.3) is 0 Å². The van der Waals surface area contributed by atoms with E-state index in [1.54, 1.807) is 12.1 Å². The van der Waals surface area contributed by atoms with Crippen LogP contribution in [0.2, 0.25) is 0 Å². The van der Waals surface area contributed by atoms with Crippen molar-refractivity contribution in [2.75, 3.05) is 19.8 Å². The molecular weight excluding hydrogens is 285 g/mol. The van der Waals surface area contributed by atoms with Crippen molar-refractivity contribution in [1.29, 1.82) is 0 Å². The monoisotopic (exact) mass is 307 g/mol. The number of ether oxygens (including phenoxy) is 1. The molecule has 1 aromatic rings. The van der Waals surface area contributed by atoms with Crippen molar-refractivity contribution < 1.29 is 19.0 Å². The summed E-state index contributed by atoms with van der Waals surface area (Å²) in [5, 5.41) is 12.5. The number of amides is 1. The lowest BCUT2D eigenvalue weighted by Gasteiger charge is -2.12. The van der Waals surface area contributed by atoms with E-state index in [0.29, 0.717) is 12.5 Å². The van der Waals surface area contributed by atoms with Crippen LogP contribution in [0, 0.1) is 17.7 Å². The lowest BCUT2D eigenvalue weighted by molar-refractivity contribution is -0.123. The van der Waals surface area contributed by atoms with Crippen molar-refractivity contribution in [2.24, 2.45) is 11.8 Å². The smallest absolute Gasteiger partial charge is 0.223 e. The zero-order chi connectivity index (χ0) is 15.5. The maximum Gasteiger partial charge on any atom is 0.223 e. The summed E-state index contributed by atoms with van der Waals surface area (Å²) in [5.74, 6) is 0.467. The van der Waals surface area contributed by atoms with E-state index >= 15 is 0 Å². The molecule has 1 amide bonds. The first kappa shape index (κ1) is 15.4. The fraction of sp³-hybridized carbons (Fsp3) is 0.588. The molecule has 0 aliphatic heterocycles. The minimum Gasteiger partial charge on any atom is -0.389 e. The largest absolute Gasteiger partial charge is 0.389 e. The standard InChI is InChI=1S/C17H22FNO3/c18-13-5-3-12(4-6-13)15-7-16(15)17(21)19-8-14(20)10-22-9-11-1-2-11/h3-6,11,14-16,20H,1-2,7-10H2,(H,19,21)/t14-,15-,16+/m0/s1. The number of rotatable bonds is 8. The molecule has 4 nitrogen and oxygen atoms in total. The third-order valence-corrected chi connectivity index (χ3v) is 4.30. The molecule has 2 saturated carbocycles.